The molecule has 0 aliphatic carbocycles. The number of carbonyl (C=O) groups is 2. The number of anilines is 1. The highest BCUT2D eigenvalue weighted by molar-refractivity contribution is 5.99. The maximum absolute atomic E-state index is 12.8. The number of nitrogens with zero attached hydrogens (tertiary/aromatic N) is 1. The number of rotatable bonds is 8. The van der Waals surface area contributed by atoms with Crippen LogP contribution >= 0.6 is 0 Å². The van der Waals surface area contributed by atoms with Gasteiger partial charge in [-0.15, -0.1) is 0 Å². The first kappa shape index (κ1) is 21.6. The fourth-order valence-corrected chi connectivity index (χ4v) is 3.93. The Labute approximate surface area is 188 Å². The Balaban J connectivity index is 1.46. The smallest absolute Gasteiger partial charge is 0.256 e. The van der Waals surface area contributed by atoms with Crippen molar-refractivity contribution in [3.63, 3.8) is 0 Å². The maximum atomic E-state index is 12.8. The van der Waals surface area contributed by atoms with Crippen LogP contribution in [0.1, 0.15) is 51.0 Å². The summed E-state index contributed by atoms with van der Waals surface area (Å²) in [4.78, 5) is 27.3. The zero-order valence-corrected chi connectivity index (χ0v) is 18.2. The van der Waals surface area contributed by atoms with Gasteiger partial charge in [-0.25, -0.2) is 0 Å². The highest BCUT2D eigenvalue weighted by Gasteiger charge is 2.36. The quantitative estimate of drug-likeness (QED) is 0.557. The molecule has 2 atom stereocenters. The zero-order valence-electron chi connectivity index (χ0n) is 18.2. The van der Waals surface area contributed by atoms with E-state index in [1.807, 2.05) is 73.7 Å². The number of fused-ring (bicyclic) bond motifs is 1. The van der Waals surface area contributed by atoms with Gasteiger partial charge >= 0.3 is 0 Å². The molecule has 2 N–H and O–H groups in total. The van der Waals surface area contributed by atoms with E-state index in [1.54, 1.807) is 24.1 Å². The van der Waals surface area contributed by atoms with Crippen molar-refractivity contribution in [3.8, 4) is 0 Å². The van der Waals surface area contributed by atoms with E-state index in [0.717, 1.165) is 16.8 Å². The summed E-state index contributed by atoms with van der Waals surface area (Å²) < 4.78 is 5.19. The average Bonchev–Trinajstić information content (AvgIpc) is 3.09. The van der Waals surface area contributed by atoms with Gasteiger partial charge in [-0.3, -0.25) is 9.59 Å². The summed E-state index contributed by atoms with van der Waals surface area (Å²) in [5.41, 5.74) is 4.10. The lowest BCUT2D eigenvalue weighted by Gasteiger charge is -2.27. The van der Waals surface area contributed by atoms with Gasteiger partial charge in [0.2, 0.25) is 0 Å². The number of hydrogen-bond donors (Lipinski definition) is 2. The van der Waals surface area contributed by atoms with Gasteiger partial charge in [0.1, 0.15) is 6.17 Å². The molecule has 6 nitrogen and oxygen atoms in total. The third-order valence-corrected chi connectivity index (χ3v) is 5.69. The number of ether oxygens (including phenoxy) is 1. The third kappa shape index (κ3) is 4.50. The second-order valence-corrected chi connectivity index (χ2v) is 7.81. The maximum Gasteiger partial charge on any atom is 0.256 e. The number of methoxy groups -OCH3 is 1. The fourth-order valence-electron chi connectivity index (χ4n) is 3.93. The van der Waals surface area contributed by atoms with E-state index >= 15 is 0 Å². The first-order chi connectivity index (χ1) is 15.6. The summed E-state index contributed by atoms with van der Waals surface area (Å²) >= 11 is 0. The van der Waals surface area contributed by atoms with Crippen LogP contribution in [0.25, 0.3) is 0 Å². The Morgan fingerprint density at radius 2 is 1.69 bits per heavy atom. The summed E-state index contributed by atoms with van der Waals surface area (Å²) in [6.45, 7) is 2.91. The predicted molar refractivity (Wildman–Crippen MR) is 124 cm³/mol. The Hall–Kier alpha value is -3.64. The van der Waals surface area contributed by atoms with Crippen LogP contribution in [0.5, 0.6) is 0 Å². The van der Waals surface area contributed by atoms with E-state index in [0.29, 0.717) is 24.3 Å². The van der Waals surface area contributed by atoms with E-state index in [9.17, 15) is 9.59 Å². The molecule has 0 fully saturated rings. The first-order valence-corrected chi connectivity index (χ1v) is 10.7. The van der Waals surface area contributed by atoms with Crippen LogP contribution in [-0.2, 0) is 4.74 Å². The molecule has 0 bridgehead atoms. The van der Waals surface area contributed by atoms with Crippen LogP contribution in [0.3, 0.4) is 0 Å². The topological polar surface area (TPSA) is 70.7 Å². The standard InChI is InChI=1S/C26H27N3O3/c1-18(19-8-4-3-5-9-19)27-25(30)20-12-14-21(15-13-20)28-24-22-10-6-7-11-23(22)26(31)29(24)16-17-32-2/h3-15,18,24,28H,16-17H2,1-2H3,(H,27,30). The van der Waals surface area contributed by atoms with Crippen LogP contribution in [0, 0.1) is 0 Å². The summed E-state index contributed by atoms with van der Waals surface area (Å²) in [5.74, 6) is -0.142. The lowest BCUT2D eigenvalue weighted by atomic mass is 10.1. The minimum Gasteiger partial charge on any atom is -0.383 e. The molecule has 0 saturated carbocycles. The summed E-state index contributed by atoms with van der Waals surface area (Å²) in [6.07, 6.45) is -0.286. The van der Waals surface area contributed by atoms with Gasteiger partial charge in [-0.1, -0.05) is 48.5 Å². The Morgan fingerprint density at radius 1 is 1.00 bits per heavy atom. The molecule has 3 aromatic rings. The van der Waals surface area contributed by atoms with Crippen LogP contribution in [-0.4, -0.2) is 37.0 Å². The second kappa shape index (κ2) is 9.66. The Morgan fingerprint density at radius 3 is 2.41 bits per heavy atom. The molecule has 1 heterocycles. The van der Waals surface area contributed by atoms with E-state index < -0.39 is 0 Å². The number of hydrogen-bond acceptors (Lipinski definition) is 4. The molecule has 1 aliphatic rings. The molecular weight excluding hydrogens is 402 g/mol. The molecular formula is C26H27N3O3. The number of amides is 2. The van der Waals surface area contributed by atoms with Gasteiger partial charge in [0.15, 0.2) is 0 Å². The summed E-state index contributed by atoms with van der Waals surface area (Å²) in [7, 11) is 1.62. The molecule has 3 aromatic carbocycles. The van der Waals surface area contributed by atoms with Crippen LogP contribution < -0.4 is 10.6 Å². The predicted octanol–water partition coefficient (Wildman–Crippen LogP) is 4.39. The van der Waals surface area contributed by atoms with Crippen LogP contribution in [0.15, 0.2) is 78.9 Å². The van der Waals surface area contributed by atoms with Crippen LogP contribution in [0.4, 0.5) is 5.69 Å². The molecule has 2 amide bonds. The SMILES string of the molecule is COCCN1C(=O)c2ccccc2C1Nc1ccc(C(=O)NC(C)c2ccccc2)cc1. The first-order valence-electron chi connectivity index (χ1n) is 10.7. The highest BCUT2D eigenvalue weighted by Crippen LogP contribution is 2.34. The van der Waals surface area contributed by atoms with Gasteiger partial charge in [0.05, 0.1) is 12.6 Å². The van der Waals surface area contributed by atoms with Crippen molar-refractivity contribution in [2.75, 3.05) is 25.6 Å². The van der Waals surface area contributed by atoms with Gasteiger partial charge in [0.25, 0.3) is 11.8 Å². The normalized spacial score (nSPS) is 15.9. The molecule has 0 radical (unpaired) electrons. The second-order valence-electron chi connectivity index (χ2n) is 7.81. The van der Waals surface area contributed by atoms with Crippen LogP contribution in [0.2, 0.25) is 0 Å². The molecule has 0 spiro atoms. The highest BCUT2D eigenvalue weighted by atomic mass is 16.5. The fraction of sp³-hybridized carbons (Fsp3) is 0.231. The molecule has 2 unspecified atom stereocenters. The Kier molecular flexibility index (Phi) is 6.52. The monoisotopic (exact) mass is 429 g/mol. The minimum absolute atomic E-state index is 0.0129. The van der Waals surface area contributed by atoms with Crippen molar-refractivity contribution in [1.82, 2.24) is 10.2 Å². The van der Waals surface area contributed by atoms with E-state index in [1.165, 1.54) is 0 Å². The van der Waals surface area contributed by atoms with Crippen molar-refractivity contribution in [1.29, 1.82) is 0 Å². The largest absolute Gasteiger partial charge is 0.383 e. The van der Waals surface area contributed by atoms with Crippen molar-refractivity contribution in [3.05, 3.63) is 101 Å². The number of nitrogens with one attached hydrogen (secondary N) is 2. The minimum atomic E-state index is -0.286. The van der Waals surface area contributed by atoms with E-state index in [4.69, 9.17) is 4.74 Å². The number of benzene rings is 3. The van der Waals surface area contributed by atoms with Gasteiger partial charge in [-0.2, -0.15) is 0 Å². The summed E-state index contributed by atoms with van der Waals surface area (Å²) in [5, 5.41) is 6.47. The van der Waals surface area contributed by atoms with Crippen molar-refractivity contribution in [2.24, 2.45) is 0 Å². The molecule has 32 heavy (non-hydrogen) atoms. The van der Waals surface area contributed by atoms with Crippen molar-refractivity contribution < 1.29 is 14.3 Å². The van der Waals surface area contributed by atoms with Crippen molar-refractivity contribution in [2.45, 2.75) is 19.1 Å². The lowest BCUT2D eigenvalue weighted by Crippen LogP contribution is -2.35. The van der Waals surface area contributed by atoms with Gasteiger partial charge in [0, 0.05) is 36.0 Å². The average molecular weight is 430 g/mol. The van der Waals surface area contributed by atoms with E-state index in [-0.39, 0.29) is 24.0 Å². The molecule has 4 rings (SSSR count). The third-order valence-electron chi connectivity index (χ3n) is 5.69. The van der Waals surface area contributed by atoms with Gasteiger partial charge < -0.3 is 20.3 Å². The molecule has 1 aliphatic heterocycles. The van der Waals surface area contributed by atoms with E-state index in [2.05, 4.69) is 10.6 Å². The lowest BCUT2D eigenvalue weighted by molar-refractivity contribution is 0.0674. The number of carbonyl (C=O) groups excluding carboxylic acids is 2. The van der Waals surface area contributed by atoms with Gasteiger partial charge in [-0.05, 0) is 42.8 Å². The molecule has 0 saturated heterocycles. The zero-order chi connectivity index (χ0) is 22.5. The summed E-state index contributed by atoms with van der Waals surface area (Å²) in [6, 6.07) is 24.7. The molecule has 0 aromatic heterocycles. The van der Waals surface area contributed by atoms with Crippen molar-refractivity contribution >= 4 is 17.5 Å². The molecule has 6 heteroatoms. The molecule has 164 valence electrons. The Bertz CT molecular complexity index is 1080.